The van der Waals surface area contributed by atoms with E-state index in [4.69, 9.17) is 15.6 Å². The quantitative estimate of drug-likeness (QED) is 0.643. The molecule has 5 heteroatoms. The van der Waals surface area contributed by atoms with Gasteiger partial charge in [-0.25, -0.2) is 0 Å². The molecule has 1 fully saturated rings. The maximum Gasteiger partial charge on any atom is 0.304 e. The molecule has 0 aromatic rings. The van der Waals surface area contributed by atoms with Crippen LogP contribution in [0.2, 0.25) is 0 Å². The fraction of sp³-hybridized carbons (Fsp3) is 0.889. The molecule has 1 saturated heterocycles. The van der Waals surface area contributed by atoms with Gasteiger partial charge < -0.3 is 15.6 Å². The molecular formula is C9H18N2O3. The lowest BCUT2D eigenvalue weighted by atomic mass is 10.0. The number of carboxylic acid groups (broad SMARTS) is 1. The average Bonchev–Trinajstić information content (AvgIpc) is 2.07. The lowest BCUT2D eigenvalue weighted by Gasteiger charge is -2.33. The van der Waals surface area contributed by atoms with E-state index in [1.54, 1.807) is 0 Å². The zero-order valence-electron chi connectivity index (χ0n) is 8.48. The molecule has 5 nitrogen and oxygen atoms in total. The second kappa shape index (κ2) is 5.29. The van der Waals surface area contributed by atoms with Crippen molar-refractivity contribution in [3.63, 3.8) is 0 Å². The van der Waals surface area contributed by atoms with E-state index in [1.807, 2.05) is 7.05 Å². The van der Waals surface area contributed by atoms with E-state index in [-0.39, 0.29) is 18.5 Å². The highest BCUT2D eigenvalue weighted by Gasteiger charge is 2.22. The summed E-state index contributed by atoms with van der Waals surface area (Å²) >= 11 is 0. The highest BCUT2D eigenvalue weighted by atomic mass is 16.5. The second-order valence-electron chi connectivity index (χ2n) is 3.80. The molecule has 0 radical (unpaired) electrons. The van der Waals surface area contributed by atoms with E-state index in [9.17, 15) is 4.79 Å². The highest BCUT2D eigenvalue weighted by molar-refractivity contribution is 5.67. The van der Waals surface area contributed by atoms with Gasteiger partial charge in [-0.05, 0) is 13.5 Å². The van der Waals surface area contributed by atoms with Crippen molar-refractivity contribution in [3.05, 3.63) is 0 Å². The van der Waals surface area contributed by atoms with Gasteiger partial charge in [0.1, 0.15) is 0 Å². The summed E-state index contributed by atoms with van der Waals surface area (Å²) < 4.78 is 5.31. The van der Waals surface area contributed by atoms with Gasteiger partial charge in [0.25, 0.3) is 0 Å². The summed E-state index contributed by atoms with van der Waals surface area (Å²) in [6, 6.07) is -0.0141. The first kappa shape index (κ1) is 11.4. The third kappa shape index (κ3) is 3.61. The van der Waals surface area contributed by atoms with Crippen LogP contribution >= 0.6 is 0 Å². The fourth-order valence-electron chi connectivity index (χ4n) is 1.64. The third-order valence-corrected chi connectivity index (χ3v) is 2.53. The van der Waals surface area contributed by atoms with Gasteiger partial charge in [-0.15, -0.1) is 0 Å². The Kier molecular flexibility index (Phi) is 4.31. The van der Waals surface area contributed by atoms with Crippen LogP contribution in [0.1, 0.15) is 12.8 Å². The Bertz CT molecular complexity index is 198. The van der Waals surface area contributed by atoms with Gasteiger partial charge in [0.2, 0.25) is 0 Å². The first-order chi connectivity index (χ1) is 6.59. The van der Waals surface area contributed by atoms with E-state index < -0.39 is 5.97 Å². The number of rotatable bonds is 4. The molecule has 0 aliphatic carbocycles. The molecule has 14 heavy (non-hydrogen) atoms. The normalized spacial score (nSPS) is 26.0. The number of carboxylic acids is 1. The van der Waals surface area contributed by atoms with E-state index >= 15 is 0 Å². The van der Waals surface area contributed by atoms with E-state index in [2.05, 4.69) is 4.90 Å². The number of hydrogen-bond donors (Lipinski definition) is 2. The van der Waals surface area contributed by atoms with Crippen molar-refractivity contribution in [2.45, 2.75) is 24.9 Å². The SMILES string of the molecule is CN1CCOCC1CC(N)CC(=O)O. The maximum absolute atomic E-state index is 10.4. The van der Waals surface area contributed by atoms with Gasteiger partial charge in [-0.2, -0.15) is 0 Å². The van der Waals surface area contributed by atoms with Crippen molar-refractivity contribution in [1.29, 1.82) is 0 Å². The van der Waals surface area contributed by atoms with Gasteiger partial charge in [-0.3, -0.25) is 9.69 Å². The number of hydrogen-bond acceptors (Lipinski definition) is 4. The number of nitrogens with zero attached hydrogens (tertiary/aromatic N) is 1. The first-order valence-corrected chi connectivity index (χ1v) is 4.85. The molecule has 1 heterocycles. The third-order valence-electron chi connectivity index (χ3n) is 2.53. The molecule has 0 saturated carbocycles. The van der Waals surface area contributed by atoms with Crippen LogP contribution in [0, 0.1) is 0 Å². The maximum atomic E-state index is 10.4. The Labute approximate surface area is 83.8 Å². The molecule has 1 aliphatic rings. The first-order valence-electron chi connectivity index (χ1n) is 4.85. The van der Waals surface area contributed by atoms with Crippen LogP contribution in [0.4, 0.5) is 0 Å². The van der Waals surface area contributed by atoms with E-state index in [0.29, 0.717) is 13.0 Å². The van der Waals surface area contributed by atoms with Crippen LogP contribution in [0.5, 0.6) is 0 Å². The number of aliphatic carboxylic acids is 1. The zero-order chi connectivity index (χ0) is 10.6. The summed E-state index contributed by atoms with van der Waals surface area (Å²) in [6.45, 7) is 2.30. The molecule has 0 aromatic heterocycles. The topological polar surface area (TPSA) is 75.8 Å². The van der Waals surface area contributed by atoms with Crippen LogP contribution in [0.3, 0.4) is 0 Å². The van der Waals surface area contributed by atoms with E-state index in [0.717, 1.165) is 13.2 Å². The molecule has 0 bridgehead atoms. The van der Waals surface area contributed by atoms with Crippen molar-refractivity contribution in [1.82, 2.24) is 4.90 Å². The van der Waals surface area contributed by atoms with Gasteiger partial charge >= 0.3 is 5.97 Å². The molecular weight excluding hydrogens is 184 g/mol. The van der Waals surface area contributed by atoms with Crippen LogP contribution in [-0.4, -0.2) is 54.9 Å². The van der Waals surface area contributed by atoms with Crippen LogP contribution < -0.4 is 5.73 Å². The predicted octanol–water partition coefficient (Wildman–Crippen LogP) is -0.491. The fourth-order valence-corrected chi connectivity index (χ4v) is 1.64. The van der Waals surface area contributed by atoms with Crippen LogP contribution in [-0.2, 0) is 9.53 Å². The summed E-state index contributed by atoms with van der Waals surface area (Å²) in [6.07, 6.45) is 0.715. The number of ether oxygens (including phenoxy) is 1. The molecule has 1 rings (SSSR count). The zero-order valence-corrected chi connectivity index (χ0v) is 8.48. The molecule has 0 spiro atoms. The van der Waals surface area contributed by atoms with E-state index in [1.165, 1.54) is 0 Å². The van der Waals surface area contributed by atoms with Crippen LogP contribution in [0.25, 0.3) is 0 Å². The minimum atomic E-state index is -0.836. The van der Waals surface area contributed by atoms with Gasteiger partial charge in [0.15, 0.2) is 0 Å². The van der Waals surface area contributed by atoms with Gasteiger partial charge in [-0.1, -0.05) is 0 Å². The lowest BCUT2D eigenvalue weighted by molar-refractivity contribution is -0.137. The monoisotopic (exact) mass is 202 g/mol. The molecule has 2 unspecified atom stereocenters. The Hall–Kier alpha value is -0.650. The lowest BCUT2D eigenvalue weighted by Crippen LogP contribution is -2.46. The highest BCUT2D eigenvalue weighted by Crippen LogP contribution is 2.10. The second-order valence-corrected chi connectivity index (χ2v) is 3.80. The minimum Gasteiger partial charge on any atom is -0.481 e. The Morgan fingerprint density at radius 1 is 1.79 bits per heavy atom. The van der Waals surface area contributed by atoms with Crippen LogP contribution in [0.15, 0.2) is 0 Å². The number of nitrogens with two attached hydrogens (primary N) is 1. The van der Waals surface area contributed by atoms with Crippen molar-refractivity contribution in [2.75, 3.05) is 26.8 Å². The molecule has 3 N–H and O–H groups in total. The number of carbonyl (C=O) groups is 1. The molecule has 82 valence electrons. The Morgan fingerprint density at radius 3 is 3.07 bits per heavy atom. The summed E-state index contributed by atoms with van der Waals surface area (Å²) in [7, 11) is 2.01. The molecule has 0 aromatic carbocycles. The Morgan fingerprint density at radius 2 is 2.50 bits per heavy atom. The summed E-state index contributed by atoms with van der Waals surface area (Å²) in [5, 5.41) is 8.55. The largest absolute Gasteiger partial charge is 0.481 e. The van der Waals surface area contributed by atoms with Crippen molar-refractivity contribution < 1.29 is 14.6 Å². The summed E-state index contributed by atoms with van der Waals surface area (Å²) in [5.41, 5.74) is 5.70. The van der Waals surface area contributed by atoms with Gasteiger partial charge in [0.05, 0.1) is 19.6 Å². The summed E-state index contributed by atoms with van der Waals surface area (Å²) in [5.74, 6) is -0.836. The smallest absolute Gasteiger partial charge is 0.304 e. The average molecular weight is 202 g/mol. The Balaban J connectivity index is 2.30. The molecule has 2 atom stereocenters. The number of morpholine rings is 1. The molecule has 1 aliphatic heterocycles. The predicted molar refractivity (Wildman–Crippen MR) is 52.1 cm³/mol. The molecule has 0 amide bonds. The van der Waals surface area contributed by atoms with Gasteiger partial charge in [0, 0.05) is 18.6 Å². The van der Waals surface area contributed by atoms with Crippen molar-refractivity contribution >= 4 is 5.97 Å². The van der Waals surface area contributed by atoms with Crippen molar-refractivity contribution in [2.24, 2.45) is 5.73 Å². The standard InChI is InChI=1S/C9H18N2O3/c1-11-2-3-14-6-8(11)4-7(10)5-9(12)13/h7-8H,2-6,10H2,1H3,(H,12,13). The minimum absolute atomic E-state index is 0.0321. The summed E-state index contributed by atoms with van der Waals surface area (Å²) in [4.78, 5) is 12.6. The number of likely N-dealkylation sites (N-methyl/N-ethyl adjacent to an activating group) is 1. The van der Waals surface area contributed by atoms with Crippen molar-refractivity contribution in [3.8, 4) is 0 Å².